The van der Waals surface area contributed by atoms with Crippen LogP contribution in [0.1, 0.15) is 159 Å². The molecule has 0 fully saturated rings. The number of hydrogen-bond donors (Lipinski definition) is 2. The average Bonchev–Trinajstić information content (AvgIpc) is 3.04. The van der Waals surface area contributed by atoms with Crippen molar-refractivity contribution in [2.24, 2.45) is 0 Å². The van der Waals surface area contributed by atoms with E-state index in [0.717, 1.165) is 12.8 Å². The number of rotatable bonds is 24. The number of benzene rings is 1. The third-order valence-electron chi connectivity index (χ3n) is 7.85. The van der Waals surface area contributed by atoms with Crippen LogP contribution in [-0.4, -0.2) is 53.6 Å². The van der Waals surface area contributed by atoms with Gasteiger partial charge in [-0.2, -0.15) is 0 Å². The molecule has 280 valence electrons. The van der Waals surface area contributed by atoms with Crippen molar-refractivity contribution in [2.75, 3.05) is 26.2 Å². The average molecular weight is 709 g/mol. The second-order valence-corrected chi connectivity index (χ2v) is 18.0. The molecule has 1 heterocycles. The summed E-state index contributed by atoms with van der Waals surface area (Å²) in [6, 6.07) is 7.31. The molecule has 3 atom stereocenters. The highest BCUT2D eigenvalue weighted by molar-refractivity contribution is 7.60. The summed E-state index contributed by atoms with van der Waals surface area (Å²) in [5.74, 6) is 1.27. The van der Waals surface area contributed by atoms with Crippen molar-refractivity contribution < 1.29 is 37.7 Å². The van der Waals surface area contributed by atoms with E-state index >= 15 is 0 Å². The number of hydrogen-bond acceptors (Lipinski definition) is 7. The maximum absolute atomic E-state index is 12.1. The van der Waals surface area contributed by atoms with Crippen molar-refractivity contribution in [3.05, 3.63) is 24.3 Å². The van der Waals surface area contributed by atoms with E-state index in [4.69, 9.17) is 18.5 Å². The molecule has 47 heavy (non-hydrogen) atoms. The van der Waals surface area contributed by atoms with Crippen LogP contribution in [0, 0.1) is 0 Å². The number of ether oxygens (including phenoxy) is 2. The molecule has 0 amide bonds. The highest BCUT2D eigenvalue weighted by Crippen LogP contribution is 2.56. The van der Waals surface area contributed by atoms with Gasteiger partial charge >= 0.3 is 7.60 Å². The zero-order chi connectivity index (χ0) is 34.7. The Labute approximate surface area is 290 Å². The van der Waals surface area contributed by atoms with Crippen molar-refractivity contribution in [1.29, 1.82) is 0 Å². The van der Waals surface area contributed by atoms with Crippen LogP contribution in [0.25, 0.3) is 0 Å². The monoisotopic (exact) mass is 708 g/mol. The molecule has 2 N–H and O–H groups in total. The highest BCUT2D eigenvalue weighted by Gasteiger charge is 2.34. The summed E-state index contributed by atoms with van der Waals surface area (Å²) in [6.45, 7) is 13.9. The normalized spacial score (nSPS) is 17.1. The molecule has 1 aromatic rings. The lowest BCUT2D eigenvalue weighted by molar-refractivity contribution is 0.00853. The van der Waals surface area contributed by atoms with E-state index in [1.807, 2.05) is 45.9 Å². The number of aliphatic hydroxyl groups is 1. The standard InChI is InChI=1S/C24H51O5P.C10H13O3P.C2H6.CH4/c1-4-5-6-7-8-9-10-11-12-13-14-15-16-17-18-19-20-28-21-24(25)22-29-30(26,27)23(2)3;1-8(2)14(11)7-12-9-5-3-4-6-10(9)13-14;1-2;/h23-25H,4-22H2,1-3H3,(H,26,27);3-6,8H,7H2,1-2H3;1-2H3;1H4/t24-;;;/m1.../s1. The molecule has 2 rings (SSSR count). The number of aliphatic hydroxyl groups excluding tert-OH is 1. The van der Waals surface area contributed by atoms with Crippen molar-refractivity contribution in [2.45, 2.75) is 176 Å². The van der Waals surface area contributed by atoms with Gasteiger partial charge < -0.3 is 28.5 Å². The molecule has 0 radical (unpaired) electrons. The molecule has 0 saturated carbocycles. The molecule has 8 nitrogen and oxygen atoms in total. The van der Waals surface area contributed by atoms with Gasteiger partial charge in [0.25, 0.3) is 7.37 Å². The zero-order valence-corrected chi connectivity index (χ0v) is 32.2. The van der Waals surface area contributed by atoms with Gasteiger partial charge in [0.15, 0.2) is 17.8 Å². The van der Waals surface area contributed by atoms with Crippen LogP contribution in [0.2, 0.25) is 0 Å². The fraction of sp³-hybridized carbons (Fsp3) is 0.838. The molecular formula is C37H74O8P2. The molecule has 0 aliphatic carbocycles. The summed E-state index contributed by atoms with van der Waals surface area (Å²) in [4.78, 5) is 9.55. The first-order valence-corrected chi connectivity index (χ1v) is 21.8. The predicted octanol–water partition coefficient (Wildman–Crippen LogP) is 12.0. The highest BCUT2D eigenvalue weighted by atomic mass is 31.2. The molecule has 10 heteroatoms. The van der Waals surface area contributed by atoms with Gasteiger partial charge in [-0.1, -0.05) is 164 Å². The van der Waals surface area contributed by atoms with Gasteiger partial charge in [-0.3, -0.25) is 9.13 Å². The third kappa shape index (κ3) is 24.0. The van der Waals surface area contributed by atoms with Crippen molar-refractivity contribution in [3.63, 3.8) is 0 Å². The Morgan fingerprint density at radius 1 is 0.787 bits per heavy atom. The van der Waals surface area contributed by atoms with Crippen LogP contribution in [0.3, 0.4) is 0 Å². The molecule has 2 unspecified atom stereocenters. The first-order chi connectivity index (χ1) is 22.0. The molecule has 0 bridgehead atoms. The lowest BCUT2D eigenvalue weighted by Gasteiger charge is -2.28. The third-order valence-corrected chi connectivity index (χ3v) is 12.2. The lowest BCUT2D eigenvalue weighted by atomic mass is 10.0. The second kappa shape index (κ2) is 30.0. The van der Waals surface area contributed by atoms with Crippen LogP contribution in [0.4, 0.5) is 0 Å². The van der Waals surface area contributed by atoms with Gasteiger partial charge in [-0.25, -0.2) is 0 Å². The van der Waals surface area contributed by atoms with Crippen LogP contribution >= 0.6 is 15.0 Å². The van der Waals surface area contributed by atoms with E-state index in [2.05, 4.69) is 6.92 Å². The maximum Gasteiger partial charge on any atom is 0.330 e. The zero-order valence-electron chi connectivity index (χ0n) is 30.4. The number of fused-ring (bicyclic) bond motifs is 1. The van der Waals surface area contributed by atoms with E-state index in [1.165, 1.54) is 89.9 Å². The van der Waals surface area contributed by atoms with Gasteiger partial charge in [0.2, 0.25) is 0 Å². The van der Waals surface area contributed by atoms with Crippen LogP contribution < -0.4 is 9.26 Å². The lowest BCUT2D eigenvalue weighted by Crippen LogP contribution is -2.22. The van der Waals surface area contributed by atoms with E-state index < -0.39 is 26.7 Å². The molecular weight excluding hydrogens is 634 g/mol. The summed E-state index contributed by atoms with van der Waals surface area (Å²) >= 11 is 0. The molecule has 1 aromatic carbocycles. The Kier molecular flexibility index (Phi) is 30.8. The minimum Gasteiger partial charge on any atom is -0.478 e. The van der Waals surface area contributed by atoms with Gasteiger partial charge in [-0.05, 0) is 18.6 Å². The van der Waals surface area contributed by atoms with Gasteiger partial charge in [0, 0.05) is 12.3 Å². The van der Waals surface area contributed by atoms with Crippen LogP contribution in [0.5, 0.6) is 11.5 Å². The van der Waals surface area contributed by atoms with Crippen molar-refractivity contribution in [3.8, 4) is 11.5 Å². The predicted molar refractivity (Wildman–Crippen MR) is 201 cm³/mol. The van der Waals surface area contributed by atoms with E-state index in [-0.39, 0.29) is 32.6 Å². The topological polar surface area (TPSA) is 112 Å². The molecule has 0 spiro atoms. The summed E-state index contributed by atoms with van der Waals surface area (Å²) in [5.41, 5.74) is -0.466. The summed E-state index contributed by atoms with van der Waals surface area (Å²) < 4.78 is 45.1. The second-order valence-electron chi connectivity index (χ2n) is 12.6. The van der Waals surface area contributed by atoms with Crippen LogP contribution in [0.15, 0.2) is 24.3 Å². The van der Waals surface area contributed by atoms with Crippen molar-refractivity contribution >= 4 is 15.0 Å². The van der Waals surface area contributed by atoms with Crippen LogP contribution in [-0.2, 0) is 18.4 Å². The quantitative estimate of drug-likeness (QED) is 0.0806. The maximum atomic E-state index is 12.1. The van der Waals surface area contributed by atoms with E-state index in [0.29, 0.717) is 18.1 Å². The SMILES string of the molecule is C.CC.CC(C)P1(=O)COc2ccccc2O1.CCCCCCCCCCCCCCCCCCOC[C@@H](O)COP(=O)(O)C(C)C. The molecule has 0 aromatic heterocycles. The van der Waals surface area contributed by atoms with Gasteiger partial charge in [0.05, 0.1) is 18.9 Å². The fourth-order valence-electron chi connectivity index (χ4n) is 4.61. The smallest absolute Gasteiger partial charge is 0.330 e. The summed E-state index contributed by atoms with van der Waals surface area (Å²) in [6.07, 6.45) is 20.8. The Bertz CT molecular complexity index is 941. The number of unbranched alkanes of at least 4 members (excludes halogenated alkanes) is 15. The van der Waals surface area contributed by atoms with Crippen molar-refractivity contribution in [1.82, 2.24) is 0 Å². The van der Waals surface area contributed by atoms with E-state index in [9.17, 15) is 19.1 Å². The minimum atomic E-state index is -3.61. The minimum absolute atomic E-state index is 0. The fourth-order valence-corrected chi connectivity index (χ4v) is 6.66. The first kappa shape index (κ1) is 48.2. The Morgan fingerprint density at radius 3 is 1.68 bits per heavy atom. The summed E-state index contributed by atoms with van der Waals surface area (Å²) in [7, 11) is -6.25. The summed E-state index contributed by atoms with van der Waals surface area (Å²) in [5, 5.41) is 9.75. The Hall–Kier alpha value is -0.880. The molecule has 1 aliphatic heterocycles. The molecule has 1 aliphatic rings. The van der Waals surface area contributed by atoms with Gasteiger partial charge in [0.1, 0.15) is 6.10 Å². The Morgan fingerprint density at radius 2 is 1.23 bits per heavy atom. The largest absolute Gasteiger partial charge is 0.478 e. The molecule has 0 saturated heterocycles. The van der Waals surface area contributed by atoms with Gasteiger partial charge in [-0.15, -0.1) is 0 Å². The Balaban J connectivity index is 0. The first-order valence-electron chi connectivity index (χ1n) is 18.2. The van der Waals surface area contributed by atoms with E-state index in [1.54, 1.807) is 19.9 Å². The number of para-hydroxylation sites is 2.